The summed E-state index contributed by atoms with van der Waals surface area (Å²) >= 11 is 0. The van der Waals surface area contributed by atoms with Gasteiger partial charge in [0.15, 0.2) is 0 Å². The summed E-state index contributed by atoms with van der Waals surface area (Å²) < 4.78 is 7.56. The Morgan fingerprint density at radius 1 is 1.00 bits per heavy atom. The lowest BCUT2D eigenvalue weighted by molar-refractivity contribution is 0.345. The van der Waals surface area contributed by atoms with Gasteiger partial charge in [0.2, 0.25) is 0 Å². The molecule has 0 atom stereocenters. The Bertz CT molecular complexity index is 1480. The zero-order chi connectivity index (χ0) is 23.9. The summed E-state index contributed by atoms with van der Waals surface area (Å²) in [4.78, 5) is 9.36. The number of benzene rings is 3. The molecule has 0 aliphatic rings. The lowest BCUT2D eigenvalue weighted by atomic mass is 9.93. The summed E-state index contributed by atoms with van der Waals surface area (Å²) in [6, 6.07) is 23.4. The lowest BCUT2D eigenvalue weighted by Crippen LogP contribution is -2.28. The predicted molar refractivity (Wildman–Crippen MR) is 135 cm³/mol. The van der Waals surface area contributed by atoms with Crippen molar-refractivity contribution in [2.24, 2.45) is 17.8 Å². The lowest BCUT2D eigenvalue weighted by Gasteiger charge is -2.19. The number of fused-ring (bicyclic) bond motifs is 1. The number of furan rings is 1. The highest BCUT2D eigenvalue weighted by Crippen LogP contribution is 2.34. The normalized spacial score (nSPS) is 12.4. The molecule has 5 rings (SSSR count). The van der Waals surface area contributed by atoms with Crippen molar-refractivity contribution in [2.75, 3.05) is 0 Å². The van der Waals surface area contributed by atoms with Crippen LogP contribution in [0.2, 0.25) is 0 Å². The van der Waals surface area contributed by atoms with E-state index in [9.17, 15) is 5.11 Å². The van der Waals surface area contributed by atoms with Crippen LogP contribution in [0, 0.1) is 0 Å². The number of nitrogens with zero attached hydrogens (tertiary/aromatic N) is 3. The molecule has 2 heterocycles. The fourth-order valence-electron chi connectivity index (χ4n) is 3.98. The quantitative estimate of drug-likeness (QED) is 0.326. The third-order valence-corrected chi connectivity index (χ3v) is 5.82. The highest BCUT2D eigenvalue weighted by Gasteiger charge is 2.21. The maximum Gasteiger partial charge on any atom is 0.292 e. The van der Waals surface area contributed by atoms with Gasteiger partial charge < -0.3 is 19.8 Å². The van der Waals surface area contributed by atoms with E-state index >= 15 is 0 Å². The molecule has 0 aliphatic carbocycles. The van der Waals surface area contributed by atoms with E-state index in [1.165, 1.54) is 0 Å². The van der Waals surface area contributed by atoms with Crippen LogP contribution < -0.4 is 5.73 Å². The Hall–Kier alpha value is -4.16. The Labute approximate surface area is 198 Å². The number of aryl methyl sites for hydroxylation is 1. The van der Waals surface area contributed by atoms with Gasteiger partial charge in [-0.2, -0.15) is 0 Å². The SMILES string of the molecule is Cn1cnc(-c2ccc(N=C(c3ccc(C(C)(C)N)cc3)c3c(O)oc4ccccc34)cc2)c1. The topological polar surface area (TPSA) is 89.6 Å². The summed E-state index contributed by atoms with van der Waals surface area (Å²) in [6.07, 6.45) is 3.75. The monoisotopic (exact) mass is 450 g/mol. The first-order chi connectivity index (χ1) is 16.3. The van der Waals surface area contributed by atoms with Crippen molar-refractivity contribution >= 4 is 22.4 Å². The summed E-state index contributed by atoms with van der Waals surface area (Å²) in [7, 11) is 1.94. The zero-order valence-electron chi connectivity index (χ0n) is 19.4. The highest BCUT2D eigenvalue weighted by atomic mass is 16.5. The molecule has 0 spiro atoms. The zero-order valence-corrected chi connectivity index (χ0v) is 19.4. The van der Waals surface area contributed by atoms with Crippen LogP contribution in [0.3, 0.4) is 0 Å². The first kappa shape index (κ1) is 21.7. The fraction of sp³-hybridized carbons (Fsp3) is 0.143. The average molecular weight is 451 g/mol. The summed E-state index contributed by atoms with van der Waals surface area (Å²) in [5.74, 6) is -0.159. The summed E-state index contributed by atoms with van der Waals surface area (Å²) in [5.41, 5.74) is 12.1. The Morgan fingerprint density at radius 2 is 1.71 bits per heavy atom. The maximum absolute atomic E-state index is 10.7. The number of aromatic hydroxyl groups is 1. The minimum atomic E-state index is -0.457. The van der Waals surface area contributed by atoms with Gasteiger partial charge in [-0.15, -0.1) is 0 Å². The van der Waals surface area contributed by atoms with Crippen LogP contribution in [0.1, 0.15) is 30.5 Å². The molecule has 6 heteroatoms. The second-order valence-electron chi connectivity index (χ2n) is 9.01. The maximum atomic E-state index is 10.7. The second kappa shape index (κ2) is 8.32. The molecular formula is C28H26N4O2. The van der Waals surface area contributed by atoms with Crippen LogP contribution in [-0.2, 0) is 12.6 Å². The molecular weight excluding hydrogens is 424 g/mol. The van der Waals surface area contributed by atoms with Crippen molar-refractivity contribution < 1.29 is 9.52 Å². The van der Waals surface area contributed by atoms with Gasteiger partial charge in [0, 0.05) is 35.3 Å². The molecule has 6 nitrogen and oxygen atoms in total. The second-order valence-corrected chi connectivity index (χ2v) is 9.01. The van der Waals surface area contributed by atoms with Crippen LogP contribution in [-0.4, -0.2) is 20.4 Å². The van der Waals surface area contributed by atoms with Gasteiger partial charge in [0.25, 0.3) is 5.95 Å². The number of hydrogen-bond acceptors (Lipinski definition) is 5. The van der Waals surface area contributed by atoms with Crippen LogP contribution in [0.25, 0.3) is 22.2 Å². The van der Waals surface area contributed by atoms with Crippen molar-refractivity contribution in [1.29, 1.82) is 0 Å². The number of imidazole rings is 1. The van der Waals surface area contributed by atoms with E-state index in [2.05, 4.69) is 4.98 Å². The van der Waals surface area contributed by atoms with E-state index in [-0.39, 0.29) is 5.95 Å². The van der Waals surface area contributed by atoms with Gasteiger partial charge in [0.05, 0.1) is 29.0 Å². The number of rotatable bonds is 5. The van der Waals surface area contributed by atoms with Gasteiger partial charge in [-0.3, -0.25) is 0 Å². The molecule has 5 aromatic rings. The molecule has 0 unspecified atom stereocenters. The number of hydrogen-bond donors (Lipinski definition) is 2. The smallest absolute Gasteiger partial charge is 0.292 e. The van der Waals surface area contributed by atoms with Gasteiger partial charge in [-0.25, -0.2) is 9.98 Å². The standard InChI is InChI=1S/C28H26N4O2/c1-28(2,29)20-12-8-19(9-13-20)26(25-22-6-4-5-7-24(22)34-27(25)33)31-21-14-10-18(11-15-21)23-16-32(3)17-30-23/h4-17,33H,29H2,1-3H3. The van der Waals surface area contributed by atoms with Crippen molar-refractivity contribution in [2.45, 2.75) is 19.4 Å². The molecule has 0 amide bonds. The minimum absolute atomic E-state index is 0.159. The molecule has 0 radical (unpaired) electrons. The molecule has 170 valence electrons. The summed E-state index contributed by atoms with van der Waals surface area (Å²) in [5, 5.41) is 11.5. The Kier molecular flexibility index (Phi) is 5.30. The van der Waals surface area contributed by atoms with Crippen molar-refractivity contribution in [3.8, 4) is 17.2 Å². The van der Waals surface area contributed by atoms with Crippen LogP contribution in [0.15, 0.2) is 94.7 Å². The van der Waals surface area contributed by atoms with Crippen molar-refractivity contribution in [1.82, 2.24) is 9.55 Å². The van der Waals surface area contributed by atoms with Gasteiger partial charge >= 0.3 is 0 Å². The molecule has 0 fully saturated rings. The Morgan fingerprint density at radius 3 is 2.35 bits per heavy atom. The minimum Gasteiger partial charge on any atom is -0.480 e. The molecule has 0 saturated carbocycles. The fourth-order valence-corrected chi connectivity index (χ4v) is 3.98. The highest BCUT2D eigenvalue weighted by molar-refractivity contribution is 6.21. The Balaban J connectivity index is 1.63. The predicted octanol–water partition coefficient (Wildman–Crippen LogP) is 5.90. The van der Waals surface area contributed by atoms with E-state index in [0.717, 1.165) is 33.5 Å². The molecule has 2 aromatic heterocycles. The number of aliphatic imine (C=N–C) groups is 1. The van der Waals surface area contributed by atoms with E-state index < -0.39 is 5.54 Å². The van der Waals surface area contributed by atoms with Gasteiger partial charge in [0.1, 0.15) is 5.58 Å². The number of para-hydroxylation sites is 1. The van der Waals surface area contributed by atoms with E-state index in [4.69, 9.17) is 15.1 Å². The molecule has 3 aromatic carbocycles. The number of nitrogens with two attached hydrogens (primary N) is 1. The summed E-state index contributed by atoms with van der Waals surface area (Å²) in [6.45, 7) is 3.94. The number of aromatic nitrogens is 2. The third kappa shape index (κ3) is 4.11. The molecule has 0 bridgehead atoms. The van der Waals surface area contributed by atoms with Gasteiger partial charge in [-0.1, -0.05) is 54.6 Å². The first-order valence-electron chi connectivity index (χ1n) is 11.1. The first-order valence-corrected chi connectivity index (χ1v) is 11.1. The van der Waals surface area contributed by atoms with Crippen LogP contribution in [0.4, 0.5) is 5.69 Å². The van der Waals surface area contributed by atoms with E-state index in [1.807, 2.05) is 104 Å². The largest absolute Gasteiger partial charge is 0.480 e. The van der Waals surface area contributed by atoms with Crippen LogP contribution in [0.5, 0.6) is 5.95 Å². The van der Waals surface area contributed by atoms with E-state index in [1.54, 1.807) is 6.33 Å². The average Bonchev–Trinajstić information content (AvgIpc) is 3.40. The third-order valence-electron chi connectivity index (χ3n) is 5.82. The molecule has 34 heavy (non-hydrogen) atoms. The van der Waals surface area contributed by atoms with Crippen molar-refractivity contribution in [3.05, 3.63) is 102 Å². The van der Waals surface area contributed by atoms with Crippen LogP contribution >= 0.6 is 0 Å². The molecule has 0 saturated heterocycles. The molecule has 3 N–H and O–H groups in total. The van der Waals surface area contributed by atoms with Crippen molar-refractivity contribution in [3.63, 3.8) is 0 Å². The van der Waals surface area contributed by atoms with E-state index in [0.29, 0.717) is 16.9 Å². The molecule has 0 aliphatic heterocycles. The van der Waals surface area contributed by atoms with Gasteiger partial charge in [-0.05, 0) is 37.6 Å².